The van der Waals surface area contributed by atoms with Crippen LogP contribution in [0.25, 0.3) is 0 Å². The largest absolute Gasteiger partial charge is 0.395 e. The fourth-order valence-corrected chi connectivity index (χ4v) is 2.38. The van der Waals surface area contributed by atoms with Gasteiger partial charge in [-0.05, 0) is 13.0 Å². The number of imidazole rings is 1. The average Bonchev–Trinajstić information content (AvgIpc) is 2.96. The van der Waals surface area contributed by atoms with E-state index in [2.05, 4.69) is 15.6 Å². The van der Waals surface area contributed by atoms with E-state index in [0.29, 0.717) is 16.5 Å². The molecule has 9 heteroatoms. The fraction of sp³-hybridized carbons (Fsp3) is 0.357. The van der Waals surface area contributed by atoms with Crippen molar-refractivity contribution in [1.82, 2.24) is 19.4 Å². The summed E-state index contributed by atoms with van der Waals surface area (Å²) in [7, 11) is 3.37. The molecule has 0 fully saturated rings. The van der Waals surface area contributed by atoms with Gasteiger partial charge in [0.15, 0.2) is 11.5 Å². The summed E-state index contributed by atoms with van der Waals surface area (Å²) in [6.07, 6.45) is 1.61. The summed E-state index contributed by atoms with van der Waals surface area (Å²) in [6, 6.07) is 1.53. The van der Waals surface area contributed by atoms with Crippen LogP contribution in [0.1, 0.15) is 26.8 Å². The third-order valence-electron chi connectivity index (χ3n) is 3.37. The van der Waals surface area contributed by atoms with Crippen molar-refractivity contribution in [3.05, 3.63) is 34.5 Å². The smallest absolute Gasteiger partial charge is 0.273 e. The number of hydrogen-bond donors (Lipinski definition) is 3. The lowest BCUT2D eigenvalue weighted by Crippen LogP contribution is -2.29. The van der Waals surface area contributed by atoms with Crippen LogP contribution in [-0.2, 0) is 14.1 Å². The van der Waals surface area contributed by atoms with E-state index in [4.69, 9.17) is 16.7 Å². The topological polar surface area (TPSA) is 101 Å². The number of aliphatic hydroxyl groups is 1. The third kappa shape index (κ3) is 3.54. The van der Waals surface area contributed by atoms with Crippen molar-refractivity contribution >= 4 is 29.2 Å². The first-order valence-corrected chi connectivity index (χ1v) is 7.28. The number of aryl methyl sites for hydroxylation is 2. The zero-order valence-corrected chi connectivity index (χ0v) is 13.8. The number of nitrogens with one attached hydrogen (secondary N) is 2. The molecular formula is C14H18ClN5O3. The number of aromatic nitrogens is 3. The Morgan fingerprint density at radius 3 is 2.61 bits per heavy atom. The van der Waals surface area contributed by atoms with Gasteiger partial charge in [0.2, 0.25) is 0 Å². The van der Waals surface area contributed by atoms with E-state index >= 15 is 0 Å². The van der Waals surface area contributed by atoms with Crippen molar-refractivity contribution in [3.63, 3.8) is 0 Å². The maximum Gasteiger partial charge on any atom is 0.273 e. The van der Waals surface area contributed by atoms with Gasteiger partial charge in [-0.15, -0.1) is 0 Å². The minimum atomic E-state index is -0.428. The number of halogens is 1. The average molecular weight is 340 g/mol. The Morgan fingerprint density at radius 1 is 1.35 bits per heavy atom. The zero-order chi connectivity index (χ0) is 17.1. The highest BCUT2D eigenvalue weighted by molar-refractivity contribution is 6.31. The minimum Gasteiger partial charge on any atom is -0.395 e. The highest BCUT2D eigenvalue weighted by atomic mass is 35.5. The second-order valence-electron chi connectivity index (χ2n) is 5.00. The molecule has 2 aromatic heterocycles. The van der Waals surface area contributed by atoms with Gasteiger partial charge in [0.05, 0.1) is 11.6 Å². The van der Waals surface area contributed by atoms with E-state index in [1.165, 1.54) is 6.07 Å². The molecular weight excluding hydrogens is 322 g/mol. The number of amides is 2. The standard InChI is InChI=1S/C14H18ClN5O3/c1-8-17-12(11(20(8)3)14(23)16-4-5-21)18-13(22)10-6-9(15)7-19(10)2/h6-7,21H,4-5H2,1-3H3,(H,16,23)(H,18,22). The van der Waals surface area contributed by atoms with Gasteiger partial charge in [0, 0.05) is 26.8 Å². The Labute approximate surface area is 138 Å². The number of carbonyl (C=O) groups is 2. The van der Waals surface area contributed by atoms with Crippen molar-refractivity contribution in [3.8, 4) is 0 Å². The molecule has 0 aliphatic rings. The van der Waals surface area contributed by atoms with Gasteiger partial charge < -0.3 is 24.9 Å². The highest BCUT2D eigenvalue weighted by Crippen LogP contribution is 2.18. The Bertz CT molecular complexity index is 750. The molecule has 0 aromatic carbocycles. The number of nitrogens with zero attached hydrogens (tertiary/aromatic N) is 3. The molecule has 2 aromatic rings. The number of aliphatic hydroxyl groups excluding tert-OH is 1. The lowest BCUT2D eigenvalue weighted by Gasteiger charge is -2.08. The molecule has 0 atom stereocenters. The van der Waals surface area contributed by atoms with Gasteiger partial charge in [-0.3, -0.25) is 9.59 Å². The van der Waals surface area contributed by atoms with E-state index in [9.17, 15) is 9.59 Å². The maximum atomic E-state index is 12.3. The van der Waals surface area contributed by atoms with Gasteiger partial charge in [-0.1, -0.05) is 11.6 Å². The molecule has 124 valence electrons. The van der Waals surface area contributed by atoms with Crippen LogP contribution >= 0.6 is 11.6 Å². The van der Waals surface area contributed by atoms with Gasteiger partial charge >= 0.3 is 0 Å². The third-order valence-corrected chi connectivity index (χ3v) is 3.57. The molecule has 0 spiro atoms. The predicted molar refractivity (Wildman–Crippen MR) is 85.7 cm³/mol. The quantitative estimate of drug-likeness (QED) is 0.746. The lowest BCUT2D eigenvalue weighted by molar-refractivity contribution is 0.0937. The van der Waals surface area contributed by atoms with Crippen LogP contribution in [0.5, 0.6) is 0 Å². The first-order valence-electron chi connectivity index (χ1n) is 6.90. The van der Waals surface area contributed by atoms with Crippen molar-refractivity contribution in [1.29, 1.82) is 0 Å². The summed E-state index contributed by atoms with van der Waals surface area (Å²) < 4.78 is 3.15. The van der Waals surface area contributed by atoms with Crippen LogP contribution in [0, 0.1) is 6.92 Å². The summed E-state index contributed by atoms with van der Waals surface area (Å²) in [5, 5.41) is 14.4. The van der Waals surface area contributed by atoms with Crippen LogP contribution in [0.3, 0.4) is 0 Å². The molecule has 0 aliphatic heterocycles. The Morgan fingerprint density at radius 2 is 2.04 bits per heavy atom. The Balaban J connectivity index is 2.29. The Hall–Kier alpha value is -2.32. The number of rotatable bonds is 5. The van der Waals surface area contributed by atoms with Crippen LogP contribution in [-0.4, -0.2) is 44.2 Å². The van der Waals surface area contributed by atoms with Crippen molar-refractivity contribution in [2.75, 3.05) is 18.5 Å². The van der Waals surface area contributed by atoms with E-state index in [1.807, 2.05) is 0 Å². The molecule has 2 amide bonds. The number of carbonyl (C=O) groups excluding carboxylic acids is 2. The van der Waals surface area contributed by atoms with Gasteiger partial charge in [0.25, 0.3) is 11.8 Å². The van der Waals surface area contributed by atoms with E-state index in [-0.39, 0.29) is 24.7 Å². The minimum absolute atomic E-state index is 0.115. The van der Waals surface area contributed by atoms with Crippen molar-refractivity contribution in [2.45, 2.75) is 6.92 Å². The van der Waals surface area contributed by atoms with Crippen LogP contribution < -0.4 is 10.6 Å². The van der Waals surface area contributed by atoms with E-state index < -0.39 is 11.8 Å². The molecule has 3 N–H and O–H groups in total. The van der Waals surface area contributed by atoms with Crippen LogP contribution in [0.4, 0.5) is 5.82 Å². The fourth-order valence-electron chi connectivity index (χ4n) is 2.13. The van der Waals surface area contributed by atoms with E-state index in [1.54, 1.807) is 36.4 Å². The summed E-state index contributed by atoms with van der Waals surface area (Å²) in [5.74, 6) is -0.127. The SMILES string of the molecule is Cc1nc(NC(=O)c2cc(Cl)cn2C)c(C(=O)NCCO)n1C. The molecule has 8 nitrogen and oxygen atoms in total. The molecule has 23 heavy (non-hydrogen) atoms. The summed E-state index contributed by atoms with van der Waals surface area (Å²) >= 11 is 5.87. The first-order chi connectivity index (χ1) is 10.8. The van der Waals surface area contributed by atoms with Crippen LogP contribution in [0.15, 0.2) is 12.3 Å². The number of hydrogen-bond acceptors (Lipinski definition) is 4. The molecule has 0 aliphatic carbocycles. The maximum absolute atomic E-state index is 12.3. The lowest BCUT2D eigenvalue weighted by atomic mass is 10.3. The summed E-state index contributed by atoms with van der Waals surface area (Å²) in [6.45, 7) is 1.66. The second-order valence-corrected chi connectivity index (χ2v) is 5.44. The van der Waals surface area contributed by atoms with Crippen molar-refractivity contribution in [2.24, 2.45) is 14.1 Å². The predicted octanol–water partition coefficient (Wildman–Crippen LogP) is 0.695. The summed E-state index contributed by atoms with van der Waals surface area (Å²) in [5.41, 5.74) is 0.560. The second kappa shape index (κ2) is 6.84. The highest BCUT2D eigenvalue weighted by Gasteiger charge is 2.22. The van der Waals surface area contributed by atoms with E-state index in [0.717, 1.165) is 0 Å². The molecule has 0 bridgehead atoms. The molecule has 2 heterocycles. The van der Waals surface area contributed by atoms with Gasteiger partial charge in [0.1, 0.15) is 11.5 Å². The van der Waals surface area contributed by atoms with Gasteiger partial charge in [-0.2, -0.15) is 0 Å². The molecule has 0 saturated heterocycles. The first kappa shape index (κ1) is 17.0. The molecule has 0 saturated carbocycles. The number of anilines is 1. The molecule has 2 rings (SSSR count). The molecule has 0 radical (unpaired) electrons. The normalized spacial score (nSPS) is 10.7. The van der Waals surface area contributed by atoms with Gasteiger partial charge in [-0.25, -0.2) is 4.98 Å². The zero-order valence-electron chi connectivity index (χ0n) is 13.1. The monoisotopic (exact) mass is 339 g/mol. The summed E-state index contributed by atoms with van der Waals surface area (Å²) in [4.78, 5) is 28.7. The van der Waals surface area contributed by atoms with Crippen LogP contribution in [0.2, 0.25) is 5.02 Å². The Kier molecular flexibility index (Phi) is 5.07. The molecule has 0 unspecified atom stereocenters. The van der Waals surface area contributed by atoms with Crippen molar-refractivity contribution < 1.29 is 14.7 Å².